The van der Waals surface area contributed by atoms with Gasteiger partial charge in [-0.05, 0) is 25.7 Å². The van der Waals surface area contributed by atoms with Gasteiger partial charge >= 0.3 is 0 Å². The molecule has 1 aromatic rings. The predicted molar refractivity (Wildman–Crippen MR) is 65.1 cm³/mol. The third-order valence-electron chi connectivity index (χ3n) is 3.66. The first-order valence-corrected chi connectivity index (χ1v) is 6.68. The van der Waals surface area contributed by atoms with Crippen molar-refractivity contribution in [1.82, 2.24) is 4.98 Å². The number of hydrogen-bond donors (Lipinski definition) is 1. The van der Waals surface area contributed by atoms with Crippen molar-refractivity contribution in [3.63, 3.8) is 0 Å². The molecule has 1 aliphatic carbocycles. The standard InChI is InChI=1S/C12H20N2S/c1-9-5-3-4-6-12(9,13)7-11-14-10(2)8-15-11/h8-9H,3-7,13H2,1-2H3. The Hall–Kier alpha value is -0.410. The molecule has 0 amide bonds. The average molecular weight is 224 g/mol. The number of thiazole rings is 1. The molecule has 1 aliphatic rings. The molecule has 2 N–H and O–H groups in total. The number of nitrogens with zero attached hydrogens (tertiary/aromatic N) is 1. The first-order chi connectivity index (χ1) is 7.10. The Balaban J connectivity index is 2.08. The molecule has 1 aromatic heterocycles. The second kappa shape index (κ2) is 4.22. The van der Waals surface area contributed by atoms with Gasteiger partial charge in [-0.15, -0.1) is 11.3 Å². The van der Waals surface area contributed by atoms with Crippen LogP contribution < -0.4 is 5.73 Å². The highest BCUT2D eigenvalue weighted by molar-refractivity contribution is 7.09. The molecule has 1 fully saturated rings. The van der Waals surface area contributed by atoms with E-state index in [2.05, 4.69) is 17.3 Å². The van der Waals surface area contributed by atoms with Crippen molar-refractivity contribution in [3.8, 4) is 0 Å². The van der Waals surface area contributed by atoms with Crippen molar-refractivity contribution in [2.45, 2.75) is 51.5 Å². The molecule has 3 heteroatoms. The highest BCUT2D eigenvalue weighted by Crippen LogP contribution is 2.34. The monoisotopic (exact) mass is 224 g/mol. The maximum absolute atomic E-state index is 6.51. The molecule has 0 radical (unpaired) electrons. The van der Waals surface area contributed by atoms with E-state index in [1.165, 1.54) is 24.3 Å². The third kappa shape index (κ3) is 2.40. The van der Waals surface area contributed by atoms with E-state index in [1.807, 2.05) is 6.92 Å². The highest BCUT2D eigenvalue weighted by atomic mass is 32.1. The van der Waals surface area contributed by atoms with E-state index in [4.69, 9.17) is 5.73 Å². The Morgan fingerprint density at radius 3 is 3.00 bits per heavy atom. The zero-order valence-corrected chi connectivity index (χ0v) is 10.4. The van der Waals surface area contributed by atoms with E-state index in [1.54, 1.807) is 11.3 Å². The second-order valence-electron chi connectivity index (χ2n) is 4.94. The van der Waals surface area contributed by atoms with Crippen LogP contribution in [0.2, 0.25) is 0 Å². The molecule has 0 spiro atoms. The predicted octanol–water partition coefficient (Wildman–Crippen LogP) is 2.90. The van der Waals surface area contributed by atoms with Crippen molar-refractivity contribution in [3.05, 3.63) is 16.1 Å². The van der Waals surface area contributed by atoms with Gasteiger partial charge in [-0.1, -0.05) is 19.8 Å². The van der Waals surface area contributed by atoms with E-state index >= 15 is 0 Å². The molecular weight excluding hydrogens is 204 g/mol. The lowest BCUT2D eigenvalue weighted by Crippen LogP contribution is -2.49. The number of nitrogens with two attached hydrogens (primary N) is 1. The van der Waals surface area contributed by atoms with Gasteiger partial charge in [0, 0.05) is 23.0 Å². The largest absolute Gasteiger partial charge is 0.324 e. The zero-order valence-electron chi connectivity index (χ0n) is 9.62. The van der Waals surface area contributed by atoms with Crippen molar-refractivity contribution in [1.29, 1.82) is 0 Å². The van der Waals surface area contributed by atoms with Gasteiger partial charge in [0.25, 0.3) is 0 Å². The number of rotatable bonds is 2. The maximum Gasteiger partial charge on any atom is 0.0946 e. The van der Waals surface area contributed by atoms with Crippen LogP contribution in [0.3, 0.4) is 0 Å². The molecule has 0 saturated heterocycles. The fourth-order valence-corrected chi connectivity index (χ4v) is 3.37. The van der Waals surface area contributed by atoms with E-state index in [0.717, 1.165) is 18.5 Å². The van der Waals surface area contributed by atoms with Gasteiger partial charge in [-0.25, -0.2) is 4.98 Å². The minimum Gasteiger partial charge on any atom is -0.324 e. The van der Waals surface area contributed by atoms with Crippen molar-refractivity contribution in [2.75, 3.05) is 0 Å². The van der Waals surface area contributed by atoms with Gasteiger partial charge in [-0.2, -0.15) is 0 Å². The minimum absolute atomic E-state index is 0.00252. The zero-order chi connectivity index (χ0) is 10.9. The smallest absolute Gasteiger partial charge is 0.0946 e. The van der Waals surface area contributed by atoms with Gasteiger partial charge in [0.05, 0.1) is 5.01 Å². The lowest BCUT2D eigenvalue weighted by atomic mass is 9.72. The van der Waals surface area contributed by atoms with Crippen LogP contribution in [0.25, 0.3) is 0 Å². The summed E-state index contributed by atoms with van der Waals surface area (Å²) in [5.41, 5.74) is 7.64. The summed E-state index contributed by atoms with van der Waals surface area (Å²) in [6, 6.07) is 0. The van der Waals surface area contributed by atoms with Gasteiger partial charge < -0.3 is 5.73 Å². The first-order valence-electron chi connectivity index (χ1n) is 5.80. The van der Waals surface area contributed by atoms with Crippen LogP contribution in [0.15, 0.2) is 5.38 Å². The van der Waals surface area contributed by atoms with Crippen molar-refractivity contribution < 1.29 is 0 Å². The summed E-state index contributed by atoms with van der Waals surface area (Å²) < 4.78 is 0. The molecule has 0 bridgehead atoms. The molecule has 2 nitrogen and oxygen atoms in total. The lowest BCUT2D eigenvalue weighted by molar-refractivity contribution is 0.203. The number of aryl methyl sites for hydroxylation is 1. The summed E-state index contributed by atoms with van der Waals surface area (Å²) >= 11 is 1.75. The van der Waals surface area contributed by atoms with Crippen molar-refractivity contribution in [2.24, 2.45) is 11.7 Å². The van der Waals surface area contributed by atoms with Crippen LogP contribution in [0.4, 0.5) is 0 Å². The summed E-state index contributed by atoms with van der Waals surface area (Å²) in [5, 5.41) is 3.33. The first kappa shape index (κ1) is 11.1. The molecule has 2 unspecified atom stereocenters. The summed E-state index contributed by atoms with van der Waals surface area (Å²) in [6.07, 6.45) is 6.03. The van der Waals surface area contributed by atoms with Gasteiger partial charge in [0.2, 0.25) is 0 Å². The van der Waals surface area contributed by atoms with Gasteiger partial charge in [0.1, 0.15) is 0 Å². The number of aromatic nitrogens is 1. The second-order valence-corrected chi connectivity index (χ2v) is 5.88. The molecule has 1 heterocycles. The Bertz CT molecular complexity index is 334. The quantitative estimate of drug-likeness (QED) is 0.839. The van der Waals surface area contributed by atoms with E-state index in [-0.39, 0.29) is 5.54 Å². The van der Waals surface area contributed by atoms with Crippen molar-refractivity contribution >= 4 is 11.3 Å². The Labute approximate surface area is 95.9 Å². The number of hydrogen-bond acceptors (Lipinski definition) is 3. The lowest BCUT2D eigenvalue weighted by Gasteiger charge is -2.39. The summed E-state index contributed by atoms with van der Waals surface area (Å²) in [7, 11) is 0. The molecule has 2 atom stereocenters. The van der Waals surface area contributed by atoms with E-state index < -0.39 is 0 Å². The Morgan fingerprint density at radius 1 is 1.60 bits per heavy atom. The SMILES string of the molecule is Cc1csc(CC2(N)CCCCC2C)n1. The molecule has 84 valence electrons. The normalized spacial score (nSPS) is 31.8. The Kier molecular flexibility index (Phi) is 3.12. The van der Waals surface area contributed by atoms with Crippen LogP contribution in [-0.2, 0) is 6.42 Å². The van der Waals surface area contributed by atoms with Crippen LogP contribution in [0.1, 0.15) is 43.3 Å². The van der Waals surface area contributed by atoms with Crippen LogP contribution in [0, 0.1) is 12.8 Å². The van der Waals surface area contributed by atoms with Crippen LogP contribution >= 0.6 is 11.3 Å². The Morgan fingerprint density at radius 2 is 2.40 bits per heavy atom. The molecular formula is C12H20N2S. The van der Waals surface area contributed by atoms with Crippen LogP contribution in [-0.4, -0.2) is 10.5 Å². The maximum atomic E-state index is 6.51. The van der Waals surface area contributed by atoms with Gasteiger partial charge in [-0.3, -0.25) is 0 Å². The molecule has 1 saturated carbocycles. The summed E-state index contributed by atoms with van der Waals surface area (Å²) in [4.78, 5) is 4.52. The third-order valence-corrected chi connectivity index (χ3v) is 4.62. The summed E-state index contributed by atoms with van der Waals surface area (Å²) in [5.74, 6) is 0.635. The van der Waals surface area contributed by atoms with E-state index in [0.29, 0.717) is 5.92 Å². The molecule has 0 aromatic carbocycles. The van der Waals surface area contributed by atoms with Gasteiger partial charge in [0.15, 0.2) is 0 Å². The average Bonchev–Trinajstić information content (AvgIpc) is 2.57. The molecule has 0 aliphatic heterocycles. The topological polar surface area (TPSA) is 38.9 Å². The fourth-order valence-electron chi connectivity index (χ4n) is 2.47. The molecule has 15 heavy (non-hydrogen) atoms. The minimum atomic E-state index is 0.00252. The van der Waals surface area contributed by atoms with E-state index in [9.17, 15) is 0 Å². The van der Waals surface area contributed by atoms with Crippen LogP contribution in [0.5, 0.6) is 0 Å². The highest BCUT2D eigenvalue weighted by Gasteiger charge is 2.34. The summed E-state index contributed by atoms with van der Waals surface area (Å²) in [6.45, 7) is 4.34. The fraction of sp³-hybridized carbons (Fsp3) is 0.750. The molecule has 2 rings (SSSR count).